The van der Waals surface area contributed by atoms with E-state index in [1.165, 1.54) is 4.90 Å². The number of amides is 3. The summed E-state index contributed by atoms with van der Waals surface area (Å²) in [6, 6.07) is 4.83. The number of benzene rings is 1. The van der Waals surface area contributed by atoms with Crippen molar-refractivity contribution < 1.29 is 19.5 Å². The molecule has 0 spiro atoms. The van der Waals surface area contributed by atoms with E-state index in [0.29, 0.717) is 15.6 Å². The highest BCUT2D eigenvalue weighted by Crippen LogP contribution is 2.26. The van der Waals surface area contributed by atoms with Crippen LogP contribution < -0.4 is 0 Å². The first kappa shape index (κ1) is 13.3. The molecule has 0 unspecified atom stereocenters. The van der Waals surface area contributed by atoms with Gasteiger partial charge in [0, 0.05) is 17.6 Å². The molecule has 6 nitrogen and oxygen atoms in total. The Balaban J connectivity index is 1.78. The van der Waals surface area contributed by atoms with Gasteiger partial charge in [0.1, 0.15) is 6.54 Å². The fraction of sp³-hybridized carbons (Fsp3) is 0.308. The second-order valence-electron chi connectivity index (χ2n) is 4.84. The predicted molar refractivity (Wildman–Crippen MR) is 72.1 cm³/mol. The molecule has 3 rings (SSSR count). The van der Waals surface area contributed by atoms with E-state index in [9.17, 15) is 14.4 Å². The Morgan fingerprint density at radius 3 is 2.55 bits per heavy atom. The number of aliphatic hydroxyl groups is 1. The van der Waals surface area contributed by atoms with Gasteiger partial charge < -0.3 is 10.0 Å². The molecule has 104 valence electrons. The van der Waals surface area contributed by atoms with Crippen LogP contribution in [0.2, 0.25) is 0 Å². The number of β-amino-alcohol motifs (C(OH)–C–C–N with tert-alkyl or cyclic N) is 1. The summed E-state index contributed by atoms with van der Waals surface area (Å²) in [5.74, 6) is -1.24. The lowest BCUT2D eigenvalue weighted by Crippen LogP contribution is -2.56. The summed E-state index contributed by atoms with van der Waals surface area (Å²) >= 11 is 3.25. The quantitative estimate of drug-likeness (QED) is 0.784. The largest absolute Gasteiger partial charge is 0.389 e. The van der Waals surface area contributed by atoms with E-state index in [-0.39, 0.29) is 25.5 Å². The number of imide groups is 1. The number of aliphatic hydroxyl groups excluding tert-OH is 1. The first-order valence-electron chi connectivity index (χ1n) is 6.09. The van der Waals surface area contributed by atoms with Gasteiger partial charge in [0.25, 0.3) is 11.8 Å². The van der Waals surface area contributed by atoms with Crippen molar-refractivity contribution in [3.05, 3.63) is 33.8 Å². The maximum atomic E-state index is 12.2. The zero-order valence-electron chi connectivity index (χ0n) is 10.4. The molecule has 2 heterocycles. The zero-order chi connectivity index (χ0) is 14.4. The molecule has 3 amide bonds. The van der Waals surface area contributed by atoms with Crippen LogP contribution in [-0.4, -0.2) is 58.4 Å². The maximum absolute atomic E-state index is 12.2. The molecule has 0 saturated carbocycles. The standard InChI is InChI=1S/C13H11BrN2O4/c14-7-1-2-9-10(3-7)13(20)16(12(9)19)6-11(18)15-4-8(17)5-15/h1-3,8,17H,4-6H2. The summed E-state index contributed by atoms with van der Waals surface area (Å²) in [6.07, 6.45) is -0.503. The van der Waals surface area contributed by atoms with Crippen LogP contribution in [0.15, 0.2) is 22.7 Å². The first-order valence-corrected chi connectivity index (χ1v) is 6.88. The van der Waals surface area contributed by atoms with E-state index in [1.54, 1.807) is 18.2 Å². The highest BCUT2D eigenvalue weighted by Gasteiger charge is 2.39. The number of rotatable bonds is 2. The minimum absolute atomic E-state index is 0.257. The van der Waals surface area contributed by atoms with Gasteiger partial charge in [-0.25, -0.2) is 0 Å². The number of carbonyl (C=O) groups is 3. The minimum Gasteiger partial charge on any atom is -0.389 e. The SMILES string of the molecule is O=C(CN1C(=O)c2ccc(Br)cc2C1=O)N1CC(O)C1. The van der Waals surface area contributed by atoms with Crippen LogP contribution in [0.25, 0.3) is 0 Å². The van der Waals surface area contributed by atoms with E-state index >= 15 is 0 Å². The number of nitrogens with zero attached hydrogens (tertiary/aromatic N) is 2. The Morgan fingerprint density at radius 1 is 1.25 bits per heavy atom. The van der Waals surface area contributed by atoms with Crippen LogP contribution in [0.4, 0.5) is 0 Å². The second kappa shape index (κ2) is 4.68. The highest BCUT2D eigenvalue weighted by atomic mass is 79.9. The molecule has 2 aliphatic rings. The van der Waals surface area contributed by atoms with Gasteiger partial charge in [0.05, 0.1) is 17.2 Å². The summed E-state index contributed by atoms with van der Waals surface area (Å²) < 4.78 is 0.705. The number of fused-ring (bicyclic) bond motifs is 1. The van der Waals surface area contributed by atoms with Crippen molar-refractivity contribution >= 4 is 33.7 Å². The Morgan fingerprint density at radius 2 is 1.90 bits per heavy atom. The molecule has 0 aliphatic carbocycles. The molecule has 0 aromatic heterocycles. The average molecular weight is 339 g/mol. The minimum atomic E-state index is -0.503. The smallest absolute Gasteiger partial charge is 0.262 e. The van der Waals surface area contributed by atoms with E-state index in [2.05, 4.69) is 15.9 Å². The number of hydrogen-bond acceptors (Lipinski definition) is 4. The zero-order valence-corrected chi connectivity index (χ0v) is 12.0. The maximum Gasteiger partial charge on any atom is 0.262 e. The first-order chi connectivity index (χ1) is 9.47. The van der Waals surface area contributed by atoms with E-state index < -0.39 is 17.9 Å². The number of halogens is 1. The van der Waals surface area contributed by atoms with Crippen molar-refractivity contribution in [2.24, 2.45) is 0 Å². The third-order valence-electron chi connectivity index (χ3n) is 3.44. The molecule has 1 saturated heterocycles. The van der Waals surface area contributed by atoms with Gasteiger partial charge in [-0.2, -0.15) is 0 Å². The summed E-state index contributed by atoms with van der Waals surface area (Å²) in [6.45, 7) is 0.234. The average Bonchev–Trinajstić information content (AvgIpc) is 2.60. The van der Waals surface area contributed by atoms with Gasteiger partial charge in [-0.15, -0.1) is 0 Å². The van der Waals surface area contributed by atoms with Crippen LogP contribution in [0, 0.1) is 0 Å². The van der Waals surface area contributed by atoms with Crippen molar-refractivity contribution in [3.63, 3.8) is 0 Å². The van der Waals surface area contributed by atoms with Gasteiger partial charge in [-0.3, -0.25) is 19.3 Å². The monoisotopic (exact) mass is 338 g/mol. The number of hydrogen-bond donors (Lipinski definition) is 1. The molecule has 1 N–H and O–H groups in total. The lowest BCUT2D eigenvalue weighted by atomic mass is 10.1. The summed E-state index contributed by atoms with van der Waals surface area (Å²) in [5, 5.41) is 9.16. The van der Waals surface area contributed by atoms with Gasteiger partial charge in [-0.05, 0) is 18.2 Å². The lowest BCUT2D eigenvalue weighted by molar-refractivity contribution is -0.141. The molecular formula is C13H11BrN2O4. The molecule has 0 atom stereocenters. The topological polar surface area (TPSA) is 77.9 Å². The van der Waals surface area contributed by atoms with E-state index in [0.717, 1.165) is 4.90 Å². The van der Waals surface area contributed by atoms with Gasteiger partial charge in [0.15, 0.2) is 0 Å². The Bertz CT molecular complexity index is 625. The van der Waals surface area contributed by atoms with Crippen molar-refractivity contribution in [3.8, 4) is 0 Å². The number of likely N-dealkylation sites (tertiary alicyclic amines) is 1. The van der Waals surface area contributed by atoms with Gasteiger partial charge in [-0.1, -0.05) is 15.9 Å². The summed E-state index contributed by atoms with van der Waals surface area (Å²) in [4.78, 5) is 38.5. The summed E-state index contributed by atoms with van der Waals surface area (Å²) in [7, 11) is 0. The Hall–Kier alpha value is -1.73. The van der Waals surface area contributed by atoms with Crippen molar-refractivity contribution in [1.82, 2.24) is 9.80 Å². The molecule has 20 heavy (non-hydrogen) atoms. The molecule has 0 bridgehead atoms. The fourth-order valence-electron chi connectivity index (χ4n) is 2.30. The number of carbonyl (C=O) groups excluding carboxylic acids is 3. The summed E-state index contributed by atoms with van der Waals surface area (Å²) in [5.41, 5.74) is 0.621. The van der Waals surface area contributed by atoms with Crippen LogP contribution in [-0.2, 0) is 4.79 Å². The molecule has 1 aromatic carbocycles. The van der Waals surface area contributed by atoms with Crippen LogP contribution in [0.3, 0.4) is 0 Å². The lowest BCUT2D eigenvalue weighted by Gasteiger charge is -2.36. The van der Waals surface area contributed by atoms with Crippen molar-refractivity contribution in [2.75, 3.05) is 19.6 Å². The predicted octanol–water partition coefficient (Wildman–Crippen LogP) is 0.248. The van der Waals surface area contributed by atoms with Gasteiger partial charge in [0.2, 0.25) is 5.91 Å². The third-order valence-corrected chi connectivity index (χ3v) is 3.93. The fourth-order valence-corrected chi connectivity index (χ4v) is 2.66. The third kappa shape index (κ3) is 2.03. The molecule has 0 radical (unpaired) electrons. The van der Waals surface area contributed by atoms with Crippen LogP contribution in [0.5, 0.6) is 0 Å². The van der Waals surface area contributed by atoms with Crippen molar-refractivity contribution in [1.29, 1.82) is 0 Å². The normalized spacial score (nSPS) is 18.3. The molecule has 7 heteroatoms. The Labute approximate surface area is 123 Å². The second-order valence-corrected chi connectivity index (χ2v) is 5.75. The van der Waals surface area contributed by atoms with Crippen LogP contribution in [0.1, 0.15) is 20.7 Å². The van der Waals surface area contributed by atoms with E-state index in [1.807, 2.05) is 0 Å². The molecule has 1 aromatic rings. The molecule has 2 aliphatic heterocycles. The van der Waals surface area contributed by atoms with Crippen molar-refractivity contribution in [2.45, 2.75) is 6.10 Å². The van der Waals surface area contributed by atoms with E-state index in [4.69, 9.17) is 5.11 Å². The van der Waals surface area contributed by atoms with Gasteiger partial charge >= 0.3 is 0 Å². The van der Waals surface area contributed by atoms with Crippen LogP contribution >= 0.6 is 15.9 Å². The Kier molecular flexibility index (Phi) is 3.10. The molecular weight excluding hydrogens is 328 g/mol. The molecule has 1 fully saturated rings. The highest BCUT2D eigenvalue weighted by molar-refractivity contribution is 9.10.